The molecule has 0 aliphatic heterocycles. The average molecular weight is 162 g/mol. The zero-order valence-corrected chi connectivity index (χ0v) is 8.20. The molecule has 0 nitrogen and oxygen atoms in total. The highest BCUT2D eigenvalue weighted by molar-refractivity contribution is 5.15. The van der Waals surface area contributed by atoms with E-state index < -0.39 is 0 Å². The van der Waals surface area contributed by atoms with Gasteiger partial charge in [0.25, 0.3) is 0 Å². The molecule has 0 fully saturated rings. The fourth-order valence-electron chi connectivity index (χ4n) is 0.654. The van der Waals surface area contributed by atoms with Gasteiger partial charge in [0.05, 0.1) is 0 Å². The SMILES string of the molecule is CC=CC=CC=CC=CC(C)C. The van der Waals surface area contributed by atoms with Crippen LogP contribution in [0.4, 0.5) is 0 Å². The zero-order chi connectivity index (χ0) is 9.23. The van der Waals surface area contributed by atoms with Crippen molar-refractivity contribution < 1.29 is 0 Å². The highest BCUT2D eigenvalue weighted by Gasteiger charge is 1.78. The van der Waals surface area contributed by atoms with Gasteiger partial charge in [0, 0.05) is 0 Å². The van der Waals surface area contributed by atoms with Crippen LogP contribution >= 0.6 is 0 Å². The highest BCUT2D eigenvalue weighted by atomic mass is 13.8. The van der Waals surface area contributed by atoms with Crippen molar-refractivity contribution in [2.45, 2.75) is 20.8 Å². The summed E-state index contributed by atoms with van der Waals surface area (Å²) in [6.45, 7) is 6.34. The minimum absolute atomic E-state index is 0.633. The van der Waals surface area contributed by atoms with Gasteiger partial charge in [-0.05, 0) is 12.8 Å². The molecule has 0 aromatic heterocycles. The number of allylic oxidation sites excluding steroid dienone is 8. The summed E-state index contributed by atoms with van der Waals surface area (Å²) in [5.74, 6) is 0.633. The predicted molar refractivity (Wildman–Crippen MR) is 57.1 cm³/mol. The molecular formula is C12H18. The molecule has 0 bridgehead atoms. The van der Waals surface area contributed by atoms with Gasteiger partial charge in [-0.1, -0.05) is 62.5 Å². The Kier molecular flexibility index (Phi) is 7.36. The summed E-state index contributed by atoms with van der Waals surface area (Å²) in [7, 11) is 0. The predicted octanol–water partition coefficient (Wildman–Crippen LogP) is 3.89. The van der Waals surface area contributed by atoms with Gasteiger partial charge >= 0.3 is 0 Å². The van der Waals surface area contributed by atoms with Gasteiger partial charge in [0.1, 0.15) is 0 Å². The molecular weight excluding hydrogens is 144 g/mol. The van der Waals surface area contributed by atoms with Crippen molar-refractivity contribution in [3.8, 4) is 0 Å². The van der Waals surface area contributed by atoms with E-state index in [0.717, 1.165) is 0 Å². The quantitative estimate of drug-likeness (QED) is 0.550. The molecule has 0 radical (unpaired) electrons. The Morgan fingerprint density at radius 1 is 0.750 bits per heavy atom. The van der Waals surface area contributed by atoms with Crippen LogP contribution in [0, 0.1) is 5.92 Å². The first-order chi connectivity index (χ1) is 5.77. The van der Waals surface area contributed by atoms with E-state index in [9.17, 15) is 0 Å². The van der Waals surface area contributed by atoms with Crippen LogP contribution in [0.3, 0.4) is 0 Å². The van der Waals surface area contributed by atoms with Crippen LogP contribution in [-0.4, -0.2) is 0 Å². The van der Waals surface area contributed by atoms with E-state index in [1.807, 2.05) is 43.4 Å². The number of hydrogen-bond donors (Lipinski definition) is 0. The number of hydrogen-bond acceptors (Lipinski definition) is 0. The summed E-state index contributed by atoms with van der Waals surface area (Å²) >= 11 is 0. The maximum Gasteiger partial charge on any atom is -0.0287 e. The topological polar surface area (TPSA) is 0 Å². The van der Waals surface area contributed by atoms with Crippen molar-refractivity contribution in [2.75, 3.05) is 0 Å². The first-order valence-corrected chi connectivity index (χ1v) is 4.40. The Labute approximate surface area is 76.0 Å². The van der Waals surface area contributed by atoms with Gasteiger partial charge in [-0.2, -0.15) is 0 Å². The van der Waals surface area contributed by atoms with Crippen LogP contribution in [0.15, 0.2) is 48.6 Å². The van der Waals surface area contributed by atoms with E-state index in [1.165, 1.54) is 0 Å². The smallest absolute Gasteiger partial charge is 0.0287 e. The number of rotatable bonds is 4. The van der Waals surface area contributed by atoms with Gasteiger partial charge < -0.3 is 0 Å². The molecule has 66 valence electrons. The molecule has 0 aromatic rings. The summed E-state index contributed by atoms with van der Waals surface area (Å²) in [5, 5.41) is 0. The molecule has 0 aromatic carbocycles. The molecule has 0 rings (SSSR count). The van der Waals surface area contributed by atoms with Crippen LogP contribution in [0.2, 0.25) is 0 Å². The van der Waals surface area contributed by atoms with Crippen molar-refractivity contribution in [3.05, 3.63) is 48.6 Å². The summed E-state index contributed by atoms with van der Waals surface area (Å²) in [5.41, 5.74) is 0. The summed E-state index contributed by atoms with van der Waals surface area (Å²) in [6, 6.07) is 0. The van der Waals surface area contributed by atoms with E-state index in [-0.39, 0.29) is 0 Å². The standard InChI is InChI=1S/C12H18/c1-4-5-6-7-8-9-10-11-12(2)3/h4-12H,1-3H3. The molecule has 0 aliphatic carbocycles. The summed E-state index contributed by atoms with van der Waals surface area (Å²) < 4.78 is 0. The van der Waals surface area contributed by atoms with Gasteiger partial charge in [0.15, 0.2) is 0 Å². The highest BCUT2D eigenvalue weighted by Crippen LogP contribution is 1.93. The third-order valence-electron chi connectivity index (χ3n) is 1.24. The van der Waals surface area contributed by atoms with Crippen molar-refractivity contribution in [2.24, 2.45) is 5.92 Å². The molecule has 0 amide bonds. The van der Waals surface area contributed by atoms with Crippen molar-refractivity contribution in [3.63, 3.8) is 0 Å². The van der Waals surface area contributed by atoms with Crippen molar-refractivity contribution in [1.29, 1.82) is 0 Å². The Morgan fingerprint density at radius 2 is 1.25 bits per heavy atom. The van der Waals surface area contributed by atoms with Gasteiger partial charge in [-0.3, -0.25) is 0 Å². The fraction of sp³-hybridized carbons (Fsp3) is 0.333. The van der Waals surface area contributed by atoms with Crippen LogP contribution in [0.1, 0.15) is 20.8 Å². The molecule has 12 heavy (non-hydrogen) atoms. The minimum Gasteiger partial charge on any atom is -0.0877 e. The van der Waals surface area contributed by atoms with E-state index in [4.69, 9.17) is 0 Å². The average Bonchev–Trinajstić information content (AvgIpc) is 2.02. The minimum atomic E-state index is 0.633. The molecule has 0 aliphatic rings. The molecule has 0 heteroatoms. The Hall–Kier alpha value is -1.04. The fourth-order valence-corrected chi connectivity index (χ4v) is 0.654. The second-order valence-corrected chi connectivity index (χ2v) is 2.92. The molecule has 0 N–H and O–H groups in total. The first kappa shape index (κ1) is 11.0. The summed E-state index contributed by atoms with van der Waals surface area (Å²) in [4.78, 5) is 0. The Morgan fingerprint density at radius 3 is 1.75 bits per heavy atom. The molecule has 0 heterocycles. The third kappa shape index (κ3) is 8.96. The Balaban J connectivity index is 3.63. The van der Waals surface area contributed by atoms with E-state index in [1.54, 1.807) is 0 Å². The van der Waals surface area contributed by atoms with E-state index in [0.29, 0.717) is 5.92 Å². The Bertz CT molecular complexity index is 190. The maximum atomic E-state index is 2.17. The molecule has 0 unspecified atom stereocenters. The van der Waals surface area contributed by atoms with Gasteiger partial charge in [-0.25, -0.2) is 0 Å². The van der Waals surface area contributed by atoms with Crippen LogP contribution in [-0.2, 0) is 0 Å². The van der Waals surface area contributed by atoms with Crippen LogP contribution < -0.4 is 0 Å². The molecule has 0 atom stereocenters. The first-order valence-electron chi connectivity index (χ1n) is 4.40. The lowest BCUT2D eigenvalue weighted by Crippen LogP contribution is -1.74. The second kappa shape index (κ2) is 8.06. The zero-order valence-electron chi connectivity index (χ0n) is 8.20. The lowest BCUT2D eigenvalue weighted by atomic mass is 10.2. The van der Waals surface area contributed by atoms with Crippen molar-refractivity contribution in [1.82, 2.24) is 0 Å². The van der Waals surface area contributed by atoms with Gasteiger partial charge in [-0.15, -0.1) is 0 Å². The summed E-state index contributed by atoms with van der Waals surface area (Å²) in [6.07, 6.45) is 16.4. The molecule has 0 spiro atoms. The van der Waals surface area contributed by atoms with Crippen molar-refractivity contribution >= 4 is 0 Å². The third-order valence-corrected chi connectivity index (χ3v) is 1.24. The molecule has 0 saturated carbocycles. The van der Waals surface area contributed by atoms with Crippen LogP contribution in [0.25, 0.3) is 0 Å². The largest absolute Gasteiger partial charge is 0.0877 e. The van der Waals surface area contributed by atoms with Gasteiger partial charge in [0.2, 0.25) is 0 Å². The second-order valence-electron chi connectivity index (χ2n) is 2.92. The monoisotopic (exact) mass is 162 g/mol. The van der Waals surface area contributed by atoms with E-state index in [2.05, 4.69) is 26.0 Å². The lowest BCUT2D eigenvalue weighted by Gasteiger charge is -1.88. The normalized spacial score (nSPS) is 13.7. The van der Waals surface area contributed by atoms with Crippen LogP contribution in [0.5, 0.6) is 0 Å². The maximum absolute atomic E-state index is 2.17. The van der Waals surface area contributed by atoms with E-state index >= 15 is 0 Å². The molecule has 0 saturated heterocycles. The lowest BCUT2D eigenvalue weighted by molar-refractivity contribution is 0.832.